The first-order valence-electron chi connectivity index (χ1n) is 9.32. The number of nitrogens with one attached hydrogen (secondary N) is 1. The fourth-order valence-electron chi connectivity index (χ4n) is 3.15. The number of hydrogen-bond donors (Lipinski definition) is 1. The van der Waals surface area contributed by atoms with Crippen molar-refractivity contribution in [2.24, 2.45) is 5.92 Å². The molecule has 3 aromatic rings. The fourth-order valence-corrected chi connectivity index (χ4v) is 3.15. The number of carbonyl (C=O) groups is 1. The molecule has 27 heavy (non-hydrogen) atoms. The summed E-state index contributed by atoms with van der Waals surface area (Å²) >= 11 is 0. The van der Waals surface area contributed by atoms with Crippen LogP contribution < -0.4 is 5.32 Å². The predicted molar refractivity (Wildman–Crippen MR) is 98.0 cm³/mol. The lowest BCUT2D eigenvalue weighted by molar-refractivity contribution is -0.116. The molecule has 1 aliphatic carbocycles. The molecule has 1 N–H and O–H groups in total. The Hall–Kier alpha value is -2.90. The van der Waals surface area contributed by atoms with Gasteiger partial charge in [0.2, 0.25) is 17.6 Å². The van der Waals surface area contributed by atoms with E-state index < -0.39 is 0 Å². The van der Waals surface area contributed by atoms with Gasteiger partial charge in [0.15, 0.2) is 5.76 Å². The van der Waals surface area contributed by atoms with Gasteiger partial charge in [-0.3, -0.25) is 4.79 Å². The fraction of sp³-hybridized carbons (Fsp3) is 0.474. The van der Waals surface area contributed by atoms with Gasteiger partial charge in [0, 0.05) is 18.4 Å². The second-order valence-electron chi connectivity index (χ2n) is 7.09. The van der Waals surface area contributed by atoms with Crippen LogP contribution in [0.15, 0.2) is 33.5 Å². The minimum absolute atomic E-state index is 0.0337. The molecule has 3 aromatic heterocycles. The van der Waals surface area contributed by atoms with Crippen molar-refractivity contribution in [3.05, 3.63) is 36.0 Å². The van der Waals surface area contributed by atoms with Crippen molar-refractivity contribution in [3.63, 3.8) is 0 Å². The number of hydrogen-bond acceptors (Lipinski definition) is 6. The molecular weight excluding hydrogens is 346 g/mol. The first-order valence-corrected chi connectivity index (χ1v) is 9.32. The van der Waals surface area contributed by atoms with Crippen molar-refractivity contribution in [2.45, 2.75) is 52.0 Å². The van der Waals surface area contributed by atoms with Crippen molar-refractivity contribution in [2.75, 3.05) is 5.32 Å². The van der Waals surface area contributed by atoms with Crippen LogP contribution in [0.1, 0.15) is 50.1 Å². The quantitative estimate of drug-likeness (QED) is 0.649. The number of aryl methyl sites for hydroxylation is 2. The summed E-state index contributed by atoms with van der Waals surface area (Å²) in [4.78, 5) is 16.7. The zero-order chi connectivity index (χ0) is 18.8. The second kappa shape index (κ2) is 7.38. The molecule has 1 atom stereocenters. The van der Waals surface area contributed by atoms with Crippen LogP contribution in [0, 0.1) is 12.8 Å². The molecular formula is C19H23N5O3. The third-order valence-corrected chi connectivity index (χ3v) is 4.93. The molecule has 1 saturated carbocycles. The molecule has 1 amide bonds. The molecule has 0 bridgehead atoms. The Morgan fingerprint density at radius 3 is 3.04 bits per heavy atom. The summed E-state index contributed by atoms with van der Waals surface area (Å²) in [6.07, 6.45) is 7.38. The molecule has 0 aromatic carbocycles. The Morgan fingerprint density at radius 2 is 2.30 bits per heavy atom. The van der Waals surface area contributed by atoms with Gasteiger partial charge in [0.05, 0.1) is 18.5 Å². The van der Waals surface area contributed by atoms with Gasteiger partial charge >= 0.3 is 0 Å². The van der Waals surface area contributed by atoms with Crippen molar-refractivity contribution in [3.8, 4) is 11.6 Å². The van der Waals surface area contributed by atoms with Crippen LogP contribution in [0.25, 0.3) is 11.6 Å². The summed E-state index contributed by atoms with van der Waals surface area (Å²) in [7, 11) is 0. The third-order valence-electron chi connectivity index (χ3n) is 4.93. The maximum atomic E-state index is 12.4. The van der Waals surface area contributed by atoms with Gasteiger partial charge in [-0.25, -0.2) is 4.68 Å². The molecule has 1 unspecified atom stereocenters. The van der Waals surface area contributed by atoms with E-state index in [9.17, 15) is 4.79 Å². The van der Waals surface area contributed by atoms with E-state index >= 15 is 0 Å². The van der Waals surface area contributed by atoms with Gasteiger partial charge in [0.25, 0.3) is 0 Å². The van der Waals surface area contributed by atoms with Gasteiger partial charge in [-0.2, -0.15) is 10.1 Å². The van der Waals surface area contributed by atoms with Crippen LogP contribution in [-0.2, 0) is 11.2 Å². The van der Waals surface area contributed by atoms with Gasteiger partial charge < -0.3 is 14.3 Å². The molecule has 142 valence electrons. The Bertz CT molecular complexity index is 908. The second-order valence-corrected chi connectivity index (χ2v) is 7.09. The zero-order valence-electron chi connectivity index (χ0n) is 15.5. The number of rotatable bonds is 8. The normalized spacial score (nSPS) is 15.0. The summed E-state index contributed by atoms with van der Waals surface area (Å²) in [6.45, 7) is 4.12. The van der Waals surface area contributed by atoms with E-state index in [1.807, 2.05) is 17.8 Å². The standard InChI is InChI=1S/C19H23N5O3/c1-12-11-20-24(13(2)14-8-9-14)19(12)21-16(25)6-3-7-17-22-18(23-27-17)15-5-4-10-26-15/h4-5,10-11,13-14H,3,6-9H2,1-2H3,(H,21,25). The average molecular weight is 369 g/mol. The lowest BCUT2D eigenvalue weighted by Gasteiger charge is -2.16. The summed E-state index contributed by atoms with van der Waals surface area (Å²) in [6, 6.07) is 3.86. The van der Waals surface area contributed by atoms with Crippen molar-refractivity contribution in [1.29, 1.82) is 0 Å². The monoisotopic (exact) mass is 369 g/mol. The third kappa shape index (κ3) is 3.94. The van der Waals surface area contributed by atoms with E-state index in [0.717, 1.165) is 11.4 Å². The number of aromatic nitrogens is 4. The smallest absolute Gasteiger partial charge is 0.238 e. The Labute approximate surface area is 156 Å². The average Bonchev–Trinajstić information content (AvgIpc) is 3.04. The molecule has 0 aliphatic heterocycles. The summed E-state index contributed by atoms with van der Waals surface area (Å²) in [5.74, 6) is 2.92. The first-order chi connectivity index (χ1) is 13.1. The van der Waals surface area contributed by atoms with E-state index in [1.165, 1.54) is 12.8 Å². The van der Waals surface area contributed by atoms with Crippen LogP contribution in [0.3, 0.4) is 0 Å². The molecule has 0 radical (unpaired) electrons. The van der Waals surface area contributed by atoms with Gasteiger partial charge in [-0.15, -0.1) is 0 Å². The van der Waals surface area contributed by atoms with E-state index in [-0.39, 0.29) is 5.91 Å². The van der Waals surface area contributed by atoms with Crippen LogP contribution in [0.4, 0.5) is 5.82 Å². The van der Waals surface area contributed by atoms with Crippen LogP contribution in [0.2, 0.25) is 0 Å². The van der Waals surface area contributed by atoms with E-state index in [2.05, 4.69) is 27.5 Å². The van der Waals surface area contributed by atoms with Crippen LogP contribution in [0.5, 0.6) is 0 Å². The highest BCUT2D eigenvalue weighted by Crippen LogP contribution is 2.40. The van der Waals surface area contributed by atoms with E-state index in [0.29, 0.717) is 48.7 Å². The molecule has 8 heteroatoms. The highest BCUT2D eigenvalue weighted by Gasteiger charge is 2.31. The number of nitrogens with zero attached hydrogens (tertiary/aromatic N) is 4. The number of carbonyl (C=O) groups excluding carboxylic acids is 1. The topological polar surface area (TPSA) is 99.0 Å². The van der Waals surface area contributed by atoms with E-state index in [4.69, 9.17) is 8.94 Å². The summed E-state index contributed by atoms with van der Waals surface area (Å²) < 4.78 is 12.4. The van der Waals surface area contributed by atoms with Gasteiger partial charge in [-0.05, 0) is 51.2 Å². The highest BCUT2D eigenvalue weighted by atomic mass is 16.5. The molecule has 1 fully saturated rings. The number of amides is 1. The lowest BCUT2D eigenvalue weighted by Crippen LogP contribution is -2.19. The molecule has 0 spiro atoms. The maximum Gasteiger partial charge on any atom is 0.238 e. The van der Waals surface area contributed by atoms with Gasteiger partial charge in [-0.1, -0.05) is 5.16 Å². The minimum Gasteiger partial charge on any atom is -0.461 e. The minimum atomic E-state index is -0.0337. The summed E-state index contributed by atoms with van der Waals surface area (Å²) in [5.41, 5.74) is 0.982. The van der Waals surface area contributed by atoms with Crippen LogP contribution >= 0.6 is 0 Å². The summed E-state index contributed by atoms with van der Waals surface area (Å²) in [5, 5.41) is 11.4. The lowest BCUT2D eigenvalue weighted by atomic mass is 10.2. The maximum absolute atomic E-state index is 12.4. The number of furan rings is 1. The predicted octanol–water partition coefficient (Wildman–Crippen LogP) is 3.77. The molecule has 3 heterocycles. The zero-order valence-corrected chi connectivity index (χ0v) is 15.5. The number of anilines is 1. The molecule has 0 saturated heterocycles. The van der Waals surface area contributed by atoms with Crippen molar-refractivity contribution in [1.82, 2.24) is 19.9 Å². The Balaban J connectivity index is 1.30. The highest BCUT2D eigenvalue weighted by molar-refractivity contribution is 5.90. The largest absolute Gasteiger partial charge is 0.461 e. The van der Waals surface area contributed by atoms with E-state index in [1.54, 1.807) is 18.4 Å². The first kappa shape index (κ1) is 17.5. The van der Waals surface area contributed by atoms with Gasteiger partial charge in [0.1, 0.15) is 5.82 Å². The van der Waals surface area contributed by atoms with Crippen LogP contribution in [-0.4, -0.2) is 25.8 Å². The Morgan fingerprint density at radius 1 is 1.44 bits per heavy atom. The molecule has 1 aliphatic rings. The Kier molecular flexibility index (Phi) is 4.79. The molecule has 8 nitrogen and oxygen atoms in total. The van der Waals surface area contributed by atoms with Crippen molar-refractivity contribution >= 4 is 11.7 Å². The SMILES string of the molecule is Cc1cnn(C(C)C2CC2)c1NC(=O)CCCc1nc(-c2ccco2)no1. The van der Waals surface area contributed by atoms with Crippen molar-refractivity contribution < 1.29 is 13.7 Å². The molecule has 4 rings (SSSR count).